The first kappa shape index (κ1) is 23.5. The van der Waals surface area contributed by atoms with Gasteiger partial charge in [0.05, 0.1) is 16.0 Å². The van der Waals surface area contributed by atoms with Crippen molar-refractivity contribution >= 4 is 33.2 Å². The van der Waals surface area contributed by atoms with Crippen molar-refractivity contribution in [3.05, 3.63) is 60.7 Å². The van der Waals surface area contributed by atoms with Crippen LogP contribution in [0.4, 0.5) is 11.4 Å². The van der Waals surface area contributed by atoms with Gasteiger partial charge in [0.15, 0.2) is 0 Å². The zero-order valence-electron chi connectivity index (χ0n) is 18.6. The van der Waals surface area contributed by atoms with Gasteiger partial charge in [-0.3, -0.25) is 9.59 Å². The third kappa shape index (κ3) is 4.53. The van der Waals surface area contributed by atoms with E-state index in [0.717, 1.165) is 4.31 Å². The number of anilines is 2. The number of carbonyl (C=O) groups is 2. The smallest absolute Gasteiger partial charge is 0.255 e. The first-order chi connectivity index (χ1) is 15.0. The van der Waals surface area contributed by atoms with Crippen LogP contribution in [0.2, 0.25) is 0 Å². The monoisotopic (exact) mass is 457 g/mol. The second kappa shape index (κ2) is 8.76. The van der Waals surface area contributed by atoms with Crippen molar-refractivity contribution in [3.8, 4) is 5.75 Å². The molecule has 8 nitrogen and oxygen atoms in total. The Labute approximate surface area is 188 Å². The largest absolute Gasteiger partial charge is 0.490 e. The summed E-state index contributed by atoms with van der Waals surface area (Å²) < 4.78 is 31.4. The van der Waals surface area contributed by atoms with E-state index in [2.05, 4.69) is 11.9 Å². The quantitative estimate of drug-likeness (QED) is 0.673. The van der Waals surface area contributed by atoms with Crippen molar-refractivity contribution in [1.82, 2.24) is 4.31 Å². The number of ether oxygens (including phenoxy) is 1. The van der Waals surface area contributed by atoms with Crippen LogP contribution >= 0.6 is 0 Å². The fraction of sp³-hybridized carbons (Fsp3) is 0.304. The zero-order chi connectivity index (χ0) is 23.7. The number of hydrogen-bond acceptors (Lipinski definition) is 5. The molecule has 0 saturated heterocycles. The predicted molar refractivity (Wildman–Crippen MR) is 124 cm³/mol. The van der Waals surface area contributed by atoms with Gasteiger partial charge in [-0.2, -0.15) is 0 Å². The molecule has 2 aromatic carbocycles. The van der Waals surface area contributed by atoms with E-state index in [4.69, 9.17) is 4.74 Å². The summed E-state index contributed by atoms with van der Waals surface area (Å²) in [4.78, 5) is 27.4. The van der Waals surface area contributed by atoms with Crippen LogP contribution in [0.3, 0.4) is 0 Å². The van der Waals surface area contributed by atoms with E-state index in [1.807, 2.05) is 13.8 Å². The molecule has 0 saturated carbocycles. The van der Waals surface area contributed by atoms with E-state index >= 15 is 0 Å². The number of benzene rings is 2. The molecule has 170 valence electrons. The van der Waals surface area contributed by atoms with Crippen molar-refractivity contribution in [3.63, 3.8) is 0 Å². The molecule has 1 N–H and O–H groups in total. The molecule has 0 radical (unpaired) electrons. The average Bonchev–Trinajstić information content (AvgIpc) is 2.84. The topological polar surface area (TPSA) is 96.0 Å². The highest BCUT2D eigenvalue weighted by molar-refractivity contribution is 7.89. The Hall–Kier alpha value is -3.17. The maximum atomic E-state index is 13.0. The Morgan fingerprint density at radius 3 is 2.47 bits per heavy atom. The van der Waals surface area contributed by atoms with Crippen LogP contribution in [0, 0.1) is 5.41 Å². The molecule has 2 amide bonds. The summed E-state index contributed by atoms with van der Waals surface area (Å²) in [5.41, 5.74) is 0.615. The summed E-state index contributed by atoms with van der Waals surface area (Å²) in [6, 6.07) is 10.8. The Balaban J connectivity index is 1.87. The third-order valence-corrected chi connectivity index (χ3v) is 6.96. The molecule has 0 fully saturated rings. The van der Waals surface area contributed by atoms with Crippen molar-refractivity contribution in [2.45, 2.75) is 18.7 Å². The molecular formula is C23H27N3O5S. The van der Waals surface area contributed by atoms with Crippen molar-refractivity contribution < 1.29 is 22.7 Å². The van der Waals surface area contributed by atoms with Crippen LogP contribution in [-0.2, 0) is 14.8 Å². The van der Waals surface area contributed by atoms with Crippen molar-refractivity contribution in [2.24, 2.45) is 5.41 Å². The number of sulfonamides is 1. The SMILES string of the molecule is C=CCN1C(=O)C(C)(C)COc2ccc(NC(=O)c3ccc(S(=O)(=O)N(C)C)cc3)cc21. The molecule has 0 atom stereocenters. The van der Waals surface area contributed by atoms with Crippen LogP contribution in [0.25, 0.3) is 0 Å². The van der Waals surface area contributed by atoms with Gasteiger partial charge in [-0.25, -0.2) is 12.7 Å². The summed E-state index contributed by atoms with van der Waals surface area (Å²) in [6.45, 7) is 7.91. The lowest BCUT2D eigenvalue weighted by atomic mass is 9.93. The first-order valence-corrected chi connectivity index (χ1v) is 11.4. The number of nitrogens with zero attached hydrogens (tertiary/aromatic N) is 2. The van der Waals surface area contributed by atoms with Gasteiger partial charge in [0, 0.05) is 31.9 Å². The summed E-state index contributed by atoms with van der Waals surface area (Å²) in [5.74, 6) is 0.0366. The Bertz CT molecular complexity index is 1150. The lowest BCUT2D eigenvalue weighted by molar-refractivity contribution is -0.127. The van der Waals surface area contributed by atoms with Crippen LogP contribution in [0.1, 0.15) is 24.2 Å². The van der Waals surface area contributed by atoms with E-state index in [-0.39, 0.29) is 17.4 Å². The van der Waals surface area contributed by atoms with Crippen molar-refractivity contribution in [1.29, 1.82) is 0 Å². The van der Waals surface area contributed by atoms with Gasteiger partial charge in [-0.1, -0.05) is 6.08 Å². The van der Waals surface area contributed by atoms with Crippen molar-refractivity contribution in [2.75, 3.05) is 37.5 Å². The van der Waals surface area contributed by atoms with E-state index in [1.54, 1.807) is 29.2 Å². The molecule has 32 heavy (non-hydrogen) atoms. The molecule has 0 aliphatic carbocycles. The van der Waals surface area contributed by atoms with Gasteiger partial charge in [-0.15, -0.1) is 6.58 Å². The van der Waals surface area contributed by atoms with Gasteiger partial charge in [0.1, 0.15) is 12.4 Å². The molecule has 3 rings (SSSR count). The minimum absolute atomic E-state index is 0.0995. The van der Waals surface area contributed by atoms with E-state index in [0.29, 0.717) is 29.2 Å². The number of rotatable bonds is 6. The standard InChI is InChI=1S/C23H27N3O5S/c1-6-13-26-19-14-17(9-12-20(19)31-15-23(2,3)22(26)28)24-21(27)16-7-10-18(11-8-16)32(29,30)25(4)5/h6-12,14H,1,13,15H2,2-5H3,(H,24,27). The molecule has 1 aliphatic heterocycles. The van der Waals surface area contributed by atoms with Crippen LogP contribution in [0.15, 0.2) is 60.0 Å². The number of amides is 2. The molecule has 1 aliphatic rings. The summed E-state index contributed by atoms with van der Waals surface area (Å²) in [5, 5.41) is 2.79. The zero-order valence-corrected chi connectivity index (χ0v) is 19.4. The number of nitrogens with one attached hydrogen (secondary N) is 1. The number of fused-ring (bicyclic) bond motifs is 1. The maximum Gasteiger partial charge on any atom is 0.255 e. The summed E-state index contributed by atoms with van der Waals surface area (Å²) in [7, 11) is -0.688. The van der Waals surface area contributed by atoms with Crippen LogP contribution < -0.4 is 15.0 Å². The second-order valence-electron chi connectivity index (χ2n) is 8.33. The lowest BCUT2D eigenvalue weighted by Crippen LogP contribution is -2.42. The molecular weight excluding hydrogens is 430 g/mol. The van der Waals surface area contributed by atoms with Gasteiger partial charge < -0.3 is 15.0 Å². The van der Waals surface area contributed by atoms with Crippen LogP contribution in [0.5, 0.6) is 5.75 Å². The predicted octanol–water partition coefficient (Wildman–Crippen LogP) is 3.13. The summed E-state index contributed by atoms with van der Waals surface area (Å²) >= 11 is 0. The molecule has 2 aromatic rings. The molecule has 1 heterocycles. The van der Waals surface area contributed by atoms with Gasteiger partial charge >= 0.3 is 0 Å². The minimum atomic E-state index is -3.58. The Morgan fingerprint density at radius 1 is 1.22 bits per heavy atom. The number of hydrogen-bond donors (Lipinski definition) is 1. The fourth-order valence-corrected chi connectivity index (χ4v) is 4.13. The molecule has 9 heteroatoms. The first-order valence-electron chi connectivity index (χ1n) is 10.0. The van der Waals surface area contributed by atoms with Gasteiger partial charge in [-0.05, 0) is 56.3 Å². The molecule has 0 bridgehead atoms. The normalized spacial score (nSPS) is 15.5. The highest BCUT2D eigenvalue weighted by atomic mass is 32.2. The van der Waals surface area contributed by atoms with Gasteiger partial charge in [0.2, 0.25) is 15.9 Å². The Kier molecular flexibility index (Phi) is 6.43. The molecule has 0 unspecified atom stereocenters. The highest BCUT2D eigenvalue weighted by Gasteiger charge is 2.37. The van der Waals surface area contributed by atoms with E-state index in [9.17, 15) is 18.0 Å². The van der Waals surface area contributed by atoms with E-state index < -0.39 is 21.3 Å². The molecule has 0 spiro atoms. The molecule has 0 aromatic heterocycles. The summed E-state index contributed by atoms with van der Waals surface area (Å²) in [6.07, 6.45) is 1.64. The van der Waals surface area contributed by atoms with Crippen LogP contribution in [-0.4, -0.2) is 51.8 Å². The highest BCUT2D eigenvalue weighted by Crippen LogP contribution is 2.38. The number of carbonyl (C=O) groups excluding carboxylic acids is 2. The lowest BCUT2D eigenvalue weighted by Gasteiger charge is -2.27. The fourth-order valence-electron chi connectivity index (χ4n) is 3.23. The maximum absolute atomic E-state index is 13.0. The minimum Gasteiger partial charge on any atom is -0.490 e. The third-order valence-electron chi connectivity index (χ3n) is 5.13. The van der Waals surface area contributed by atoms with E-state index in [1.165, 1.54) is 38.4 Å². The van der Waals surface area contributed by atoms with Gasteiger partial charge in [0.25, 0.3) is 5.91 Å². The Morgan fingerprint density at radius 2 is 1.88 bits per heavy atom. The second-order valence-corrected chi connectivity index (χ2v) is 10.5. The average molecular weight is 458 g/mol.